The van der Waals surface area contributed by atoms with Crippen molar-refractivity contribution in [2.24, 2.45) is 0 Å². The largest absolute Gasteiger partial charge is 0.495 e. The number of hydrogen-bond donors (Lipinski definition) is 1. The predicted molar refractivity (Wildman–Crippen MR) is 82.7 cm³/mol. The number of imide groups is 1. The van der Waals surface area contributed by atoms with Crippen molar-refractivity contribution in [1.29, 1.82) is 0 Å². The highest BCUT2D eigenvalue weighted by atomic mass is 79.9. The van der Waals surface area contributed by atoms with Gasteiger partial charge in [-0.25, -0.2) is 4.90 Å². The number of rotatable bonds is 2. The summed E-state index contributed by atoms with van der Waals surface area (Å²) in [5.74, 6) is -0.342. The third kappa shape index (κ3) is 2.08. The molecule has 0 saturated carbocycles. The summed E-state index contributed by atoms with van der Waals surface area (Å²) in [7, 11) is 1.49. The Hall–Kier alpha value is -2.34. The van der Waals surface area contributed by atoms with Crippen LogP contribution in [0.1, 0.15) is 20.7 Å². The zero-order valence-electron chi connectivity index (χ0n) is 11.1. The number of amides is 2. The summed E-state index contributed by atoms with van der Waals surface area (Å²) in [5.41, 5.74) is 7.18. The normalized spacial score (nSPS) is 13.5. The summed E-state index contributed by atoms with van der Waals surface area (Å²) in [4.78, 5) is 26.1. The number of fused-ring (bicyclic) bond motifs is 1. The van der Waals surface area contributed by atoms with Crippen molar-refractivity contribution in [2.45, 2.75) is 0 Å². The molecule has 0 unspecified atom stereocenters. The second kappa shape index (κ2) is 4.89. The fourth-order valence-electron chi connectivity index (χ4n) is 2.32. The zero-order chi connectivity index (χ0) is 15.1. The highest BCUT2D eigenvalue weighted by Crippen LogP contribution is 2.37. The molecule has 0 saturated heterocycles. The Morgan fingerprint density at radius 2 is 1.76 bits per heavy atom. The number of carbonyl (C=O) groups excluding carboxylic acids is 2. The van der Waals surface area contributed by atoms with Crippen LogP contribution in [0.25, 0.3) is 0 Å². The molecule has 0 aliphatic carbocycles. The quantitative estimate of drug-likeness (QED) is 0.670. The lowest BCUT2D eigenvalue weighted by Crippen LogP contribution is -2.29. The van der Waals surface area contributed by atoms with Crippen LogP contribution in [0.2, 0.25) is 0 Å². The van der Waals surface area contributed by atoms with Gasteiger partial charge in [-0.05, 0) is 36.4 Å². The number of ether oxygens (including phenoxy) is 1. The van der Waals surface area contributed by atoms with Gasteiger partial charge in [0.05, 0.1) is 23.9 Å². The van der Waals surface area contributed by atoms with Crippen molar-refractivity contribution in [1.82, 2.24) is 0 Å². The van der Waals surface area contributed by atoms with Gasteiger partial charge in [0, 0.05) is 10.2 Å². The van der Waals surface area contributed by atoms with Crippen LogP contribution >= 0.6 is 15.9 Å². The lowest BCUT2D eigenvalue weighted by Gasteiger charge is -2.17. The minimum absolute atomic E-state index is 0.307. The lowest BCUT2D eigenvalue weighted by atomic mass is 10.1. The van der Waals surface area contributed by atoms with E-state index in [0.29, 0.717) is 28.3 Å². The topological polar surface area (TPSA) is 72.6 Å². The zero-order valence-corrected chi connectivity index (χ0v) is 12.7. The number of nitrogen functional groups attached to an aromatic ring is 1. The second-order valence-electron chi connectivity index (χ2n) is 4.57. The summed E-state index contributed by atoms with van der Waals surface area (Å²) in [6, 6.07) is 9.82. The van der Waals surface area contributed by atoms with Gasteiger partial charge in [0.2, 0.25) is 0 Å². The average Bonchev–Trinajstić information content (AvgIpc) is 2.70. The second-order valence-corrected chi connectivity index (χ2v) is 5.48. The standard InChI is InChI=1S/C15H11BrN2O3/c1-21-13-5-2-8(16)6-12(13)18-14(19)10-4-3-9(17)7-11(10)15(18)20/h2-7H,17H2,1H3. The molecule has 3 rings (SSSR count). The van der Waals surface area contributed by atoms with Gasteiger partial charge in [-0.3, -0.25) is 9.59 Å². The van der Waals surface area contributed by atoms with Crippen molar-refractivity contribution < 1.29 is 14.3 Å². The molecular formula is C15H11BrN2O3. The van der Waals surface area contributed by atoms with Crippen LogP contribution in [0.15, 0.2) is 40.9 Å². The van der Waals surface area contributed by atoms with Gasteiger partial charge in [-0.1, -0.05) is 15.9 Å². The van der Waals surface area contributed by atoms with Gasteiger partial charge in [-0.15, -0.1) is 0 Å². The molecule has 0 atom stereocenters. The molecule has 106 valence electrons. The van der Waals surface area contributed by atoms with E-state index < -0.39 is 5.91 Å². The molecule has 1 aliphatic heterocycles. The number of methoxy groups -OCH3 is 1. The van der Waals surface area contributed by atoms with Crippen LogP contribution in [-0.4, -0.2) is 18.9 Å². The molecule has 0 spiro atoms. The summed E-state index contributed by atoms with van der Waals surface area (Å²) in [5, 5.41) is 0. The third-order valence-electron chi connectivity index (χ3n) is 3.29. The number of nitrogens with two attached hydrogens (primary N) is 1. The van der Waals surface area contributed by atoms with Crippen LogP contribution in [-0.2, 0) is 0 Å². The number of nitrogens with zero attached hydrogens (tertiary/aromatic N) is 1. The maximum atomic E-state index is 12.5. The van der Waals surface area contributed by atoms with Crippen LogP contribution in [0.4, 0.5) is 11.4 Å². The Labute approximate surface area is 129 Å². The maximum absolute atomic E-state index is 12.5. The molecule has 1 heterocycles. The molecule has 5 nitrogen and oxygen atoms in total. The molecule has 0 radical (unpaired) electrons. The fourth-order valence-corrected chi connectivity index (χ4v) is 2.66. The molecule has 1 aliphatic rings. The van der Waals surface area contributed by atoms with Crippen molar-refractivity contribution in [3.63, 3.8) is 0 Å². The number of halogens is 1. The Morgan fingerprint density at radius 3 is 2.48 bits per heavy atom. The van der Waals surface area contributed by atoms with E-state index >= 15 is 0 Å². The van der Waals surface area contributed by atoms with E-state index in [0.717, 1.165) is 9.37 Å². The van der Waals surface area contributed by atoms with Crippen LogP contribution in [0.5, 0.6) is 5.75 Å². The molecule has 0 fully saturated rings. The van der Waals surface area contributed by atoms with Gasteiger partial charge in [0.25, 0.3) is 11.8 Å². The fraction of sp³-hybridized carbons (Fsp3) is 0.0667. The minimum Gasteiger partial charge on any atom is -0.495 e. The molecule has 6 heteroatoms. The lowest BCUT2D eigenvalue weighted by molar-refractivity contribution is 0.0925. The first-order valence-electron chi connectivity index (χ1n) is 6.15. The van der Waals surface area contributed by atoms with E-state index in [9.17, 15) is 9.59 Å². The molecular weight excluding hydrogens is 336 g/mol. The summed E-state index contributed by atoms with van der Waals surface area (Å²) in [6.45, 7) is 0. The molecule has 2 N–H and O–H groups in total. The first-order valence-corrected chi connectivity index (χ1v) is 6.94. The Kier molecular flexibility index (Phi) is 3.17. The van der Waals surface area contributed by atoms with Gasteiger partial charge in [0.15, 0.2) is 0 Å². The molecule has 0 aromatic heterocycles. The van der Waals surface area contributed by atoms with Crippen LogP contribution in [0, 0.1) is 0 Å². The van der Waals surface area contributed by atoms with Crippen LogP contribution in [0.3, 0.4) is 0 Å². The van der Waals surface area contributed by atoms with Crippen molar-refractivity contribution in [3.05, 3.63) is 52.0 Å². The molecule has 0 bridgehead atoms. The monoisotopic (exact) mass is 346 g/mol. The number of anilines is 2. The number of benzene rings is 2. The first-order chi connectivity index (χ1) is 10.0. The first kappa shape index (κ1) is 13.6. The SMILES string of the molecule is COc1ccc(Br)cc1N1C(=O)c2ccc(N)cc2C1=O. The van der Waals surface area contributed by atoms with E-state index in [2.05, 4.69) is 15.9 Å². The minimum atomic E-state index is -0.404. The Bertz CT molecular complexity index is 774. The average molecular weight is 347 g/mol. The Balaban J connectivity index is 2.16. The van der Waals surface area contributed by atoms with Crippen LogP contribution < -0.4 is 15.4 Å². The van der Waals surface area contributed by atoms with Crippen molar-refractivity contribution in [3.8, 4) is 5.75 Å². The van der Waals surface area contributed by atoms with Crippen molar-refractivity contribution in [2.75, 3.05) is 17.7 Å². The third-order valence-corrected chi connectivity index (χ3v) is 3.79. The number of hydrogen-bond acceptors (Lipinski definition) is 4. The summed E-state index contributed by atoms with van der Waals surface area (Å²) < 4.78 is 5.99. The maximum Gasteiger partial charge on any atom is 0.266 e. The van der Waals surface area contributed by atoms with E-state index in [1.807, 2.05) is 0 Å². The molecule has 21 heavy (non-hydrogen) atoms. The molecule has 2 aromatic rings. The highest BCUT2D eigenvalue weighted by Gasteiger charge is 2.38. The van der Waals surface area contributed by atoms with E-state index in [-0.39, 0.29) is 5.91 Å². The highest BCUT2D eigenvalue weighted by molar-refractivity contribution is 9.10. The molecule has 2 amide bonds. The van der Waals surface area contributed by atoms with Gasteiger partial charge in [0.1, 0.15) is 5.75 Å². The smallest absolute Gasteiger partial charge is 0.266 e. The Morgan fingerprint density at radius 1 is 1.05 bits per heavy atom. The predicted octanol–water partition coefficient (Wildman–Crippen LogP) is 2.84. The van der Waals surface area contributed by atoms with E-state index in [4.69, 9.17) is 10.5 Å². The molecule has 2 aromatic carbocycles. The van der Waals surface area contributed by atoms with Crippen molar-refractivity contribution >= 4 is 39.1 Å². The summed E-state index contributed by atoms with van der Waals surface area (Å²) in [6.07, 6.45) is 0. The summed E-state index contributed by atoms with van der Waals surface area (Å²) >= 11 is 3.33. The van der Waals surface area contributed by atoms with Gasteiger partial charge < -0.3 is 10.5 Å². The number of carbonyl (C=O) groups is 2. The van der Waals surface area contributed by atoms with E-state index in [1.165, 1.54) is 13.2 Å². The van der Waals surface area contributed by atoms with Gasteiger partial charge in [-0.2, -0.15) is 0 Å². The van der Waals surface area contributed by atoms with Gasteiger partial charge >= 0.3 is 0 Å². The van der Waals surface area contributed by atoms with E-state index in [1.54, 1.807) is 30.3 Å².